The van der Waals surface area contributed by atoms with Crippen LogP contribution in [0.1, 0.15) is 36.6 Å². The monoisotopic (exact) mass is 360 g/mol. The highest BCUT2D eigenvalue weighted by Gasteiger charge is 2.18. The van der Waals surface area contributed by atoms with Crippen molar-refractivity contribution in [2.24, 2.45) is 5.73 Å². The van der Waals surface area contributed by atoms with E-state index in [1.165, 1.54) is 0 Å². The highest BCUT2D eigenvalue weighted by atomic mass is 32.2. The first kappa shape index (κ1) is 19.1. The summed E-state index contributed by atoms with van der Waals surface area (Å²) in [7, 11) is -3.20. The molecule has 6 heteroatoms. The molecule has 2 aromatic carbocycles. The lowest BCUT2D eigenvalue weighted by Gasteiger charge is -2.14. The second kappa shape index (κ2) is 7.80. The third kappa shape index (κ3) is 5.14. The number of benzene rings is 2. The van der Waals surface area contributed by atoms with Crippen molar-refractivity contribution < 1.29 is 13.2 Å². The van der Waals surface area contributed by atoms with E-state index in [0.717, 1.165) is 11.1 Å². The Kier molecular flexibility index (Phi) is 5.98. The number of aryl methyl sites for hydroxylation is 1. The summed E-state index contributed by atoms with van der Waals surface area (Å²) in [6, 6.07) is 13.5. The summed E-state index contributed by atoms with van der Waals surface area (Å²) < 4.78 is 24.1. The fourth-order valence-electron chi connectivity index (χ4n) is 2.28. The third-order valence-electron chi connectivity index (χ3n) is 4.00. The lowest BCUT2D eigenvalue weighted by atomic mass is 10.1. The van der Waals surface area contributed by atoms with Crippen LogP contribution in [0, 0.1) is 6.92 Å². The van der Waals surface area contributed by atoms with E-state index in [1.54, 1.807) is 38.1 Å². The number of hydrogen-bond donors (Lipinski definition) is 2. The summed E-state index contributed by atoms with van der Waals surface area (Å²) in [6.07, 6.45) is 0. The highest BCUT2D eigenvalue weighted by molar-refractivity contribution is 7.91. The van der Waals surface area contributed by atoms with Crippen LogP contribution in [-0.2, 0) is 20.4 Å². The molecule has 0 fully saturated rings. The van der Waals surface area contributed by atoms with Crippen molar-refractivity contribution in [1.29, 1.82) is 0 Å². The Morgan fingerprint density at radius 2 is 1.76 bits per heavy atom. The minimum absolute atomic E-state index is 0.0571. The summed E-state index contributed by atoms with van der Waals surface area (Å²) in [4.78, 5) is 12.3. The number of nitrogens with two attached hydrogens (primary N) is 1. The van der Waals surface area contributed by atoms with Gasteiger partial charge in [-0.05, 0) is 44.0 Å². The molecule has 0 aliphatic rings. The Morgan fingerprint density at radius 1 is 1.12 bits per heavy atom. The zero-order valence-corrected chi connectivity index (χ0v) is 15.5. The Morgan fingerprint density at radius 3 is 2.36 bits per heavy atom. The second-order valence-corrected chi connectivity index (χ2v) is 8.99. The third-order valence-corrected chi connectivity index (χ3v) is 6.17. The van der Waals surface area contributed by atoms with Crippen LogP contribution in [0.5, 0.6) is 0 Å². The number of sulfone groups is 1. The standard InChI is InChI=1S/C19H24N2O3S/c1-13(2)25(23,24)12-15-5-4-6-17(11-15)21-19(22)18(20)16-9-7-14(3)8-10-16/h4-11,13,18H,12,20H2,1-3H3,(H,21,22). The maximum atomic E-state index is 12.3. The van der Waals surface area contributed by atoms with Gasteiger partial charge in [-0.25, -0.2) is 8.42 Å². The van der Waals surface area contributed by atoms with Crippen molar-refractivity contribution in [3.05, 3.63) is 65.2 Å². The molecule has 2 rings (SSSR count). The molecule has 25 heavy (non-hydrogen) atoms. The van der Waals surface area contributed by atoms with Gasteiger partial charge in [-0.1, -0.05) is 42.0 Å². The first-order chi connectivity index (χ1) is 11.7. The number of carbonyl (C=O) groups is 1. The topological polar surface area (TPSA) is 89.3 Å². The van der Waals surface area contributed by atoms with Crippen LogP contribution in [0.3, 0.4) is 0 Å². The van der Waals surface area contributed by atoms with Gasteiger partial charge < -0.3 is 11.1 Å². The zero-order valence-electron chi connectivity index (χ0n) is 14.7. The highest BCUT2D eigenvalue weighted by Crippen LogP contribution is 2.18. The van der Waals surface area contributed by atoms with Gasteiger partial charge in [0.05, 0.1) is 11.0 Å². The Balaban J connectivity index is 2.11. The molecular formula is C19H24N2O3S. The van der Waals surface area contributed by atoms with E-state index >= 15 is 0 Å². The maximum absolute atomic E-state index is 12.3. The van der Waals surface area contributed by atoms with Crippen LogP contribution >= 0.6 is 0 Å². The minimum atomic E-state index is -3.20. The molecule has 0 radical (unpaired) electrons. The number of amides is 1. The Bertz CT molecular complexity index is 843. The van der Waals surface area contributed by atoms with Crippen molar-refractivity contribution in [2.45, 2.75) is 37.8 Å². The number of hydrogen-bond acceptors (Lipinski definition) is 4. The van der Waals surface area contributed by atoms with Gasteiger partial charge in [0, 0.05) is 5.69 Å². The van der Waals surface area contributed by atoms with Crippen LogP contribution in [0.2, 0.25) is 0 Å². The molecule has 0 aromatic heterocycles. The van der Waals surface area contributed by atoms with Gasteiger partial charge in [0.15, 0.2) is 9.84 Å². The molecule has 2 aromatic rings. The normalized spacial score (nSPS) is 12.8. The summed E-state index contributed by atoms with van der Waals surface area (Å²) in [5.41, 5.74) is 8.99. The maximum Gasteiger partial charge on any atom is 0.245 e. The smallest absolute Gasteiger partial charge is 0.245 e. The van der Waals surface area contributed by atoms with Crippen molar-refractivity contribution >= 4 is 21.4 Å². The summed E-state index contributed by atoms with van der Waals surface area (Å²) in [6.45, 7) is 5.27. The van der Waals surface area contributed by atoms with Crippen LogP contribution < -0.4 is 11.1 Å². The molecule has 134 valence electrons. The molecular weight excluding hydrogens is 336 g/mol. The van der Waals surface area contributed by atoms with Crippen LogP contribution in [0.25, 0.3) is 0 Å². The van der Waals surface area contributed by atoms with Gasteiger partial charge >= 0.3 is 0 Å². The molecule has 0 aliphatic heterocycles. The predicted molar refractivity (Wildman–Crippen MR) is 101 cm³/mol. The predicted octanol–water partition coefficient (Wildman–Crippen LogP) is 2.96. The molecule has 0 aliphatic carbocycles. The fourth-order valence-corrected chi connectivity index (χ4v) is 3.26. The van der Waals surface area contributed by atoms with E-state index in [4.69, 9.17) is 5.73 Å². The second-order valence-electron chi connectivity index (χ2n) is 6.43. The van der Waals surface area contributed by atoms with Gasteiger partial charge in [0.25, 0.3) is 0 Å². The van der Waals surface area contributed by atoms with Gasteiger partial charge in [-0.15, -0.1) is 0 Å². The molecule has 0 heterocycles. The van der Waals surface area contributed by atoms with E-state index < -0.39 is 21.1 Å². The molecule has 5 nitrogen and oxygen atoms in total. The summed E-state index contributed by atoms with van der Waals surface area (Å²) >= 11 is 0. The number of nitrogens with one attached hydrogen (secondary N) is 1. The van der Waals surface area contributed by atoms with E-state index in [1.807, 2.05) is 31.2 Å². The molecule has 0 saturated carbocycles. The lowest BCUT2D eigenvalue weighted by molar-refractivity contribution is -0.117. The van der Waals surface area contributed by atoms with Crippen LogP contribution in [0.4, 0.5) is 5.69 Å². The molecule has 0 saturated heterocycles. The molecule has 0 spiro atoms. The quantitative estimate of drug-likeness (QED) is 0.829. The number of rotatable bonds is 6. The largest absolute Gasteiger partial charge is 0.324 e. The first-order valence-corrected chi connectivity index (χ1v) is 9.84. The SMILES string of the molecule is Cc1ccc(C(N)C(=O)Nc2cccc(CS(=O)(=O)C(C)C)c2)cc1. The minimum Gasteiger partial charge on any atom is -0.324 e. The Labute approximate surface area is 149 Å². The van der Waals surface area contributed by atoms with E-state index in [-0.39, 0.29) is 11.7 Å². The van der Waals surface area contributed by atoms with Crippen molar-refractivity contribution in [2.75, 3.05) is 5.32 Å². The molecule has 1 atom stereocenters. The average molecular weight is 360 g/mol. The number of anilines is 1. The summed E-state index contributed by atoms with van der Waals surface area (Å²) in [5.74, 6) is -0.397. The lowest BCUT2D eigenvalue weighted by Crippen LogP contribution is -2.27. The van der Waals surface area contributed by atoms with Crippen molar-refractivity contribution in [3.63, 3.8) is 0 Å². The van der Waals surface area contributed by atoms with E-state index in [9.17, 15) is 13.2 Å². The van der Waals surface area contributed by atoms with Crippen molar-refractivity contribution in [3.8, 4) is 0 Å². The van der Waals surface area contributed by atoms with E-state index in [2.05, 4.69) is 5.32 Å². The van der Waals surface area contributed by atoms with Gasteiger partial charge in [0.1, 0.15) is 6.04 Å². The molecule has 1 unspecified atom stereocenters. The van der Waals surface area contributed by atoms with Gasteiger partial charge in [-0.3, -0.25) is 4.79 Å². The average Bonchev–Trinajstić information content (AvgIpc) is 2.54. The fraction of sp³-hybridized carbons (Fsp3) is 0.316. The summed E-state index contributed by atoms with van der Waals surface area (Å²) in [5, 5.41) is 2.31. The van der Waals surface area contributed by atoms with Crippen LogP contribution in [0.15, 0.2) is 48.5 Å². The first-order valence-electron chi connectivity index (χ1n) is 8.12. The van der Waals surface area contributed by atoms with Gasteiger partial charge in [0.2, 0.25) is 5.91 Å². The van der Waals surface area contributed by atoms with E-state index in [0.29, 0.717) is 11.3 Å². The molecule has 0 bridgehead atoms. The number of carbonyl (C=O) groups excluding carboxylic acids is 1. The van der Waals surface area contributed by atoms with Gasteiger partial charge in [-0.2, -0.15) is 0 Å². The Hall–Kier alpha value is -2.18. The zero-order chi connectivity index (χ0) is 18.6. The molecule has 3 N–H and O–H groups in total. The van der Waals surface area contributed by atoms with Crippen LogP contribution in [-0.4, -0.2) is 19.6 Å². The molecule has 1 amide bonds. The van der Waals surface area contributed by atoms with Crippen molar-refractivity contribution in [1.82, 2.24) is 0 Å².